The van der Waals surface area contributed by atoms with Gasteiger partial charge in [0.2, 0.25) is 5.91 Å². The first-order valence-corrected chi connectivity index (χ1v) is 6.32. The summed E-state index contributed by atoms with van der Waals surface area (Å²) in [6, 6.07) is 0.376. The fourth-order valence-corrected chi connectivity index (χ4v) is 1.86. The molecule has 1 saturated carbocycles. The van der Waals surface area contributed by atoms with Crippen molar-refractivity contribution in [1.82, 2.24) is 10.6 Å². The number of carbonyl (C=O) groups is 1. The molecule has 0 saturated heterocycles. The summed E-state index contributed by atoms with van der Waals surface area (Å²) >= 11 is 0. The van der Waals surface area contributed by atoms with Gasteiger partial charge in [0.1, 0.15) is 0 Å². The van der Waals surface area contributed by atoms with Crippen molar-refractivity contribution in [3.8, 4) is 0 Å². The molecule has 1 fully saturated rings. The quantitative estimate of drug-likeness (QED) is 0.618. The van der Waals surface area contributed by atoms with Crippen LogP contribution in [0.25, 0.3) is 0 Å². The first-order chi connectivity index (χ1) is 7.67. The van der Waals surface area contributed by atoms with Crippen molar-refractivity contribution in [3.63, 3.8) is 0 Å². The van der Waals surface area contributed by atoms with Gasteiger partial charge in [-0.3, -0.25) is 4.79 Å². The van der Waals surface area contributed by atoms with Gasteiger partial charge in [-0.15, -0.1) is 6.58 Å². The van der Waals surface area contributed by atoms with Gasteiger partial charge in [-0.1, -0.05) is 25.8 Å². The zero-order valence-corrected chi connectivity index (χ0v) is 10.5. The van der Waals surface area contributed by atoms with E-state index in [-0.39, 0.29) is 11.9 Å². The van der Waals surface area contributed by atoms with Crippen LogP contribution < -0.4 is 10.6 Å². The summed E-state index contributed by atoms with van der Waals surface area (Å²) in [7, 11) is 0. The molecule has 3 nitrogen and oxygen atoms in total. The summed E-state index contributed by atoms with van der Waals surface area (Å²) < 4.78 is 0. The molecule has 1 aliphatic rings. The van der Waals surface area contributed by atoms with Crippen LogP contribution in [0.2, 0.25) is 0 Å². The predicted molar refractivity (Wildman–Crippen MR) is 67.2 cm³/mol. The van der Waals surface area contributed by atoms with Gasteiger partial charge in [0.15, 0.2) is 0 Å². The maximum atomic E-state index is 11.6. The minimum absolute atomic E-state index is 0.0640. The van der Waals surface area contributed by atoms with Crippen LogP contribution in [0.3, 0.4) is 0 Å². The second-order valence-electron chi connectivity index (χ2n) is 4.71. The molecular formula is C13H24N2O. The minimum atomic E-state index is -0.108. The van der Waals surface area contributed by atoms with Crippen LogP contribution in [0.15, 0.2) is 12.7 Å². The van der Waals surface area contributed by atoms with Crippen LogP contribution in [0.1, 0.15) is 39.5 Å². The zero-order chi connectivity index (χ0) is 12.0. The highest BCUT2D eigenvalue weighted by atomic mass is 16.2. The third-order valence-electron chi connectivity index (χ3n) is 3.11. The Morgan fingerprint density at radius 2 is 2.25 bits per heavy atom. The van der Waals surface area contributed by atoms with Crippen molar-refractivity contribution in [2.75, 3.05) is 6.54 Å². The largest absolute Gasteiger partial charge is 0.351 e. The summed E-state index contributed by atoms with van der Waals surface area (Å²) in [5.41, 5.74) is 0. The lowest BCUT2D eigenvalue weighted by molar-refractivity contribution is -0.122. The van der Waals surface area contributed by atoms with Gasteiger partial charge in [0, 0.05) is 12.6 Å². The summed E-state index contributed by atoms with van der Waals surface area (Å²) in [6.45, 7) is 8.23. The minimum Gasteiger partial charge on any atom is -0.351 e. The molecule has 0 aromatic rings. The van der Waals surface area contributed by atoms with Gasteiger partial charge in [-0.05, 0) is 25.7 Å². The first-order valence-electron chi connectivity index (χ1n) is 6.32. The van der Waals surface area contributed by atoms with E-state index >= 15 is 0 Å². The summed E-state index contributed by atoms with van der Waals surface area (Å²) in [6.07, 6.45) is 6.75. The second kappa shape index (κ2) is 6.69. The van der Waals surface area contributed by atoms with Gasteiger partial charge >= 0.3 is 0 Å². The monoisotopic (exact) mass is 224 g/mol. The summed E-state index contributed by atoms with van der Waals surface area (Å²) in [5.74, 6) is 0.968. The Kier molecular flexibility index (Phi) is 5.53. The van der Waals surface area contributed by atoms with E-state index in [9.17, 15) is 4.79 Å². The molecule has 2 atom stereocenters. The van der Waals surface area contributed by atoms with Gasteiger partial charge in [0.05, 0.1) is 6.04 Å². The molecule has 16 heavy (non-hydrogen) atoms. The second-order valence-corrected chi connectivity index (χ2v) is 4.71. The van der Waals surface area contributed by atoms with Crippen LogP contribution in [0.4, 0.5) is 0 Å². The normalized spacial score (nSPS) is 18.9. The molecule has 1 aliphatic carbocycles. The van der Waals surface area contributed by atoms with E-state index in [0.29, 0.717) is 12.6 Å². The third-order valence-corrected chi connectivity index (χ3v) is 3.11. The Bertz CT molecular complexity index is 236. The number of rotatable bonds is 8. The van der Waals surface area contributed by atoms with Gasteiger partial charge in [-0.2, -0.15) is 0 Å². The molecule has 3 heteroatoms. The van der Waals surface area contributed by atoms with Gasteiger partial charge < -0.3 is 10.6 Å². The van der Waals surface area contributed by atoms with Gasteiger partial charge in [0.25, 0.3) is 0 Å². The molecule has 2 N–H and O–H groups in total. The van der Waals surface area contributed by atoms with E-state index < -0.39 is 0 Å². The number of amides is 1. The summed E-state index contributed by atoms with van der Waals surface area (Å²) in [4.78, 5) is 11.6. The molecule has 0 aromatic carbocycles. The molecule has 1 rings (SSSR count). The van der Waals surface area contributed by atoms with Crippen molar-refractivity contribution in [3.05, 3.63) is 12.7 Å². The van der Waals surface area contributed by atoms with Crippen LogP contribution in [0, 0.1) is 5.92 Å². The molecule has 0 bridgehead atoms. The number of hydrogen-bond donors (Lipinski definition) is 2. The fourth-order valence-electron chi connectivity index (χ4n) is 1.86. The van der Waals surface area contributed by atoms with E-state index in [2.05, 4.69) is 24.1 Å². The standard InChI is InChI=1S/C13H24N2O/c1-4-8-14-13(16)10(3)15-12(5-2)9-11-6-7-11/h4,10-12,15H,1,5-9H2,2-3H3,(H,14,16). The van der Waals surface area contributed by atoms with E-state index in [1.807, 2.05) is 6.92 Å². The van der Waals surface area contributed by atoms with Crippen molar-refractivity contribution in [2.24, 2.45) is 5.92 Å². The van der Waals surface area contributed by atoms with Crippen molar-refractivity contribution < 1.29 is 4.79 Å². The highest BCUT2D eigenvalue weighted by Crippen LogP contribution is 2.34. The van der Waals surface area contributed by atoms with Crippen molar-refractivity contribution >= 4 is 5.91 Å². The maximum Gasteiger partial charge on any atom is 0.237 e. The van der Waals surface area contributed by atoms with E-state index in [0.717, 1.165) is 12.3 Å². The molecule has 0 radical (unpaired) electrons. The predicted octanol–water partition coefficient (Wildman–Crippen LogP) is 1.85. The topological polar surface area (TPSA) is 41.1 Å². The van der Waals surface area contributed by atoms with E-state index in [1.54, 1.807) is 6.08 Å². The fraction of sp³-hybridized carbons (Fsp3) is 0.769. The van der Waals surface area contributed by atoms with Crippen LogP contribution >= 0.6 is 0 Å². The Hall–Kier alpha value is -0.830. The Balaban J connectivity index is 2.25. The lowest BCUT2D eigenvalue weighted by Crippen LogP contribution is -2.46. The molecule has 2 unspecified atom stereocenters. The number of hydrogen-bond acceptors (Lipinski definition) is 2. The first kappa shape index (κ1) is 13.2. The molecule has 0 spiro atoms. The Morgan fingerprint density at radius 3 is 2.75 bits per heavy atom. The molecule has 92 valence electrons. The van der Waals surface area contributed by atoms with E-state index in [4.69, 9.17) is 0 Å². The maximum absolute atomic E-state index is 11.6. The third kappa shape index (κ3) is 4.79. The number of nitrogens with one attached hydrogen (secondary N) is 2. The lowest BCUT2D eigenvalue weighted by atomic mass is 10.1. The number of carbonyl (C=O) groups excluding carboxylic acids is 1. The van der Waals surface area contributed by atoms with Gasteiger partial charge in [-0.25, -0.2) is 0 Å². The van der Waals surface area contributed by atoms with Crippen LogP contribution in [0.5, 0.6) is 0 Å². The molecule has 0 aromatic heterocycles. The lowest BCUT2D eigenvalue weighted by Gasteiger charge is -2.21. The SMILES string of the molecule is C=CCNC(=O)C(C)NC(CC)CC1CC1. The average molecular weight is 224 g/mol. The molecule has 0 heterocycles. The smallest absolute Gasteiger partial charge is 0.237 e. The highest BCUT2D eigenvalue weighted by Gasteiger charge is 2.26. The highest BCUT2D eigenvalue weighted by molar-refractivity contribution is 5.81. The average Bonchev–Trinajstić information content (AvgIpc) is 3.08. The molecule has 0 aliphatic heterocycles. The Morgan fingerprint density at radius 1 is 1.56 bits per heavy atom. The van der Waals surface area contributed by atoms with Crippen molar-refractivity contribution in [1.29, 1.82) is 0 Å². The Labute approximate surface area is 98.7 Å². The van der Waals surface area contributed by atoms with Crippen LogP contribution in [-0.4, -0.2) is 24.5 Å². The zero-order valence-electron chi connectivity index (χ0n) is 10.5. The molecule has 1 amide bonds. The molecular weight excluding hydrogens is 200 g/mol. The van der Waals surface area contributed by atoms with Crippen molar-refractivity contribution in [2.45, 2.75) is 51.6 Å². The van der Waals surface area contributed by atoms with Crippen LogP contribution in [-0.2, 0) is 4.79 Å². The summed E-state index contributed by atoms with van der Waals surface area (Å²) in [5, 5.41) is 6.21. The van der Waals surface area contributed by atoms with E-state index in [1.165, 1.54) is 19.3 Å².